The summed E-state index contributed by atoms with van der Waals surface area (Å²) in [5.74, 6) is 1.21. The van der Waals surface area contributed by atoms with Crippen molar-refractivity contribution in [2.45, 2.75) is 32.2 Å². The standard InChI is InChI=1S/C12H18N4OS/c1-2-10-11(18-15-14-10)12(17)16-5-7-3-4-9(13)8(7)6-16/h7-9H,2-6,13H2,1H3. The van der Waals surface area contributed by atoms with Crippen molar-refractivity contribution in [2.75, 3.05) is 13.1 Å². The first-order valence-electron chi connectivity index (χ1n) is 6.56. The normalized spacial score (nSPS) is 30.8. The van der Waals surface area contributed by atoms with E-state index >= 15 is 0 Å². The lowest BCUT2D eigenvalue weighted by Crippen LogP contribution is -2.33. The molecule has 1 aliphatic heterocycles. The van der Waals surface area contributed by atoms with Crippen molar-refractivity contribution in [1.82, 2.24) is 14.5 Å². The van der Waals surface area contributed by atoms with E-state index in [1.165, 1.54) is 11.5 Å². The van der Waals surface area contributed by atoms with Gasteiger partial charge < -0.3 is 10.6 Å². The lowest BCUT2D eigenvalue weighted by Gasteiger charge is -2.18. The summed E-state index contributed by atoms with van der Waals surface area (Å²) in [7, 11) is 0. The summed E-state index contributed by atoms with van der Waals surface area (Å²) < 4.78 is 3.89. The van der Waals surface area contributed by atoms with Crippen molar-refractivity contribution < 1.29 is 4.79 Å². The second-order valence-electron chi connectivity index (χ2n) is 5.28. The molecule has 1 amide bonds. The molecule has 3 rings (SSSR count). The number of likely N-dealkylation sites (tertiary alicyclic amines) is 1. The number of fused-ring (bicyclic) bond motifs is 1. The lowest BCUT2D eigenvalue weighted by atomic mass is 9.98. The van der Waals surface area contributed by atoms with Gasteiger partial charge in [-0.05, 0) is 42.6 Å². The number of hydrogen-bond acceptors (Lipinski definition) is 5. The molecule has 18 heavy (non-hydrogen) atoms. The zero-order chi connectivity index (χ0) is 12.7. The molecule has 3 unspecified atom stereocenters. The quantitative estimate of drug-likeness (QED) is 0.863. The molecular weight excluding hydrogens is 248 g/mol. The SMILES string of the molecule is CCc1nnsc1C(=O)N1CC2CCC(N)C2C1. The summed E-state index contributed by atoms with van der Waals surface area (Å²) in [5.41, 5.74) is 6.92. The number of aryl methyl sites for hydroxylation is 1. The van der Waals surface area contributed by atoms with Gasteiger partial charge in [-0.2, -0.15) is 0 Å². The van der Waals surface area contributed by atoms with Crippen LogP contribution in [0.2, 0.25) is 0 Å². The van der Waals surface area contributed by atoms with E-state index in [4.69, 9.17) is 5.73 Å². The Hall–Kier alpha value is -1.01. The minimum Gasteiger partial charge on any atom is -0.337 e. The molecule has 1 aromatic heterocycles. The Labute approximate surface area is 111 Å². The van der Waals surface area contributed by atoms with Crippen molar-refractivity contribution in [3.63, 3.8) is 0 Å². The van der Waals surface area contributed by atoms with Crippen LogP contribution in [0.1, 0.15) is 35.1 Å². The van der Waals surface area contributed by atoms with Crippen LogP contribution in [0.25, 0.3) is 0 Å². The summed E-state index contributed by atoms with van der Waals surface area (Å²) in [5, 5.41) is 4.01. The molecule has 6 heteroatoms. The molecule has 2 fully saturated rings. The highest BCUT2D eigenvalue weighted by atomic mass is 32.1. The van der Waals surface area contributed by atoms with Crippen LogP contribution in [0.15, 0.2) is 0 Å². The fourth-order valence-corrected chi connectivity index (χ4v) is 3.94. The molecule has 0 spiro atoms. The van der Waals surface area contributed by atoms with Gasteiger partial charge in [0.2, 0.25) is 0 Å². The monoisotopic (exact) mass is 266 g/mol. The smallest absolute Gasteiger partial charge is 0.267 e. The highest BCUT2D eigenvalue weighted by Crippen LogP contribution is 2.37. The van der Waals surface area contributed by atoms with Gasteiger partial charge in [0.25, 0.3) is 5.91 Å². The van der Waals surface area contributed by atoms with Gasteiger partial charge in [-0.15, -0.1) is 5.10 Å². The minimum absolute atomic E-state index is 0.100. The molecule has 0 bridgehead atoms. The molecule has 98 valence electrons. The van der Waals surface area contributed by atoms with E-state index in [1.807, 2.05) is 11.8 Å². The van der Waals surface area contributed by atoms with Crippen LogP contribution in [0, 0.1) is 11.8 Å². The number of nitrogens with zero attached hydrogens (tertiary/aromatic N) is 3. The molecule has 0 aromatic carbocycles. The average Bonchev–Trinajstić information content (AvgIpc) is 3.05. The van der Waals surface area contributed by atoms with E-state index in [2.05, 4.69) is 9.59 Å². The van der Waals surface area contributed by atoms with E-state index in [0.717, 1.165) is 38.0 Å². The number of carbonyl (C=O) groups is 1. The maximum Gasteiger partial charge on any atom is 0.267 e. The second kappa shape index (κ2) is 4.59. The van der Waals surface area contributed by atoms with Crippen molar-refractivity contribution in [1.29, 1.82) is 0 Å². The Morgan fingerprint density at radius 1 is 1.50 bits per heavy atom. The Balaban J connectivity index is 1.75. The van der Waals surface area contributed by atoms with Crippen LogP contribution in [-0.2, 0) is 6.42 Å². The van der Waals surface area contributed by atoms with Crippen molar-refractivity contribution >= 4 is 17.4 Å². The zero-order valence-corrected chi connectivity index (χ0v) is 11.3. The van der Waals surface area contributed by atoms with Gasteiger partial charge in [-0.3, -0.25) is 4.79 Å². The number of hydrogen-bond donors (Lipinski definition) is 1. The van der Waals surface area contributed by atoms with Crippen LogP contribution >= 0.6 is 11.5 Å². The minimum atomic E-state index is 0.100. The maximum atomic E-state index is 12.4. The largest absolute Gasteiger partial charge is 0.337 e. The molecule has 3 atom stereocenters. The van der Waals surface area contributed by atoms with Crippen LogP contribution in [0.3, 0.4) is 0 Å². The van der Waals surface area contributed by atoms with Crippen LogP contribution in [0.5, 0.6) is 0 Å². The molecule has 2 aliphatic rings. The van der Waals surface area contributed by atoms with E-state index in [1.54, 1.807) is 0 Å². The molecule has 2 N–H and O–H groups in total. The number of aromatic nitrogens is 2. The van der Waals surface area contributed by atoms with Gasteiger partial charge in [-0.25, -0.2) is 0 Å². The Bertz CT molecular complexity index is 461. The Morgan fingerprint density at radius 3 is 3.06 bits per heavy atom. The molecule has 1 aliphatic carbocycles. The number of nitrogens with two attached hydrogens (primary N) is 1. The summed E-state index contributed by atoms with van der Waals surface area (Å²) in [6.45, 7) is 3.67. The predicted molar refractivity (Wildman–Crippen MR) is 69.4 cm³/mol. The molecule has 1 saturated heterocycles. The third kappa shape index (κ3) is 1.83. The van der Waals surface area contributed by atoms with Crippen LogP contribution in [0.4, 0.5) is 0 Å². The lowest BCUT2D eigenvalue weighted by molar-refractivity contribution is 0.0783. The topological polar surface area (TPSA) is 72.1 Å². The van der Waals surface area contributed by atoms with E-state index in [9.17, 15) is 4.79 Å². The summed E-state index contributed by atoms with van der Waals surface area (Å²) in [6, 6.07) is 0.276. The molecule has 2 heterocycles. The number of carbonyl (C=O) groups excluding carboxylic acids is 1. The number of rotatable bonds is 2. The van der Waals surface area contributed by atoms with E-state index in [-0.39, 0.29) is 11.9 Å². The molecule has 5 nitrogen and oxygen atoms in total. The van der Waals surface area contributed by atoms with Crippen molar-refractivity contribution in [3.05, 3.63) is 10.6 Å². The number of amides is 1. The van der Waals surface area contributed by atoms with Crippen LogP contribution < -0.4 is 5.73 Å². The van der Waals surface area contributed by atoms with Crippen LogP contribution in [-0.4, -0.2) is 39.5 Å². The van der Waals surface area contributed by atoms with Gasteiger partial charge in [-0.1, -0.05) is 11.4 Å². The predicted octanol–water partition coefficient (Wildman–Crippen LogP) is 0.910. The molecule has 1 saturated carbocycles. The second-order valence-corrected chi connectivity index (χ2v) is 6.03. The van der Waals surface area contributed by atoms with Gasteiger partial charge in [0, 0.05) is 19.1 Å². The maximum absolute atomic E-state index is 12.4. The highest BCUT2D eigenvalue weighted by Gasteiger charge is 2.43. The summed E-state index contributed by atoms with van der Waals surface area (Å²) >= 11 is 1.21. The molecular formula is C12H18N4OS. The summed E-state index contributed by atoms with van der Waals surface area (Å²) in [6.07, 6.45) is 3.04. The van der Waals surface area contributed by atoms with E-state index < -0.39 is 0 Å². The molecule has 0 radical (unpaired) electrons. The molecule has 1 aromatic rings. The van der Waals surface area contributed by atoms with Gasteiger partial charge in [0.1, 0.15) is 4.88 Å². The zero-order valence-electron chi connectivity index (χ0n) is 10.5. The Kier molecular flexibility index (Phi) is 3.07. The first-order chi connectivity index (χ1) is 8.70. The average molecular weight is 266 g/mol. The van der Waals surface area contributed by atoms with E-state index in [0.29, 0.717) is 16.7 Å². The third-order valence-electron chi connectivity index (χ3n) is 4.28. The van der Waals surface area contributed by atoms with Gasteiger partial charge in [0.05, 0.1) is 5.69 Å². The van der Waals surface area contributed by atoms with Gasteiger partial charge >= 0.3 is 0 Å². The van der Waals surface area contributed by atoms with Crippen molar-refractivity contribution in [2.24, 2.45) is 17.6 Å². The first kappa shape index (κ1) is 12.0. The first-order valence-corrected chi connectivity index (χ1v) is 7.34. The van der Waals surface area contributed by atoms with Crippen molar-refractivity contribution in [3.8, 4) is 0 Å². The van der Waals surface area contributed by atoms with Gasteiger partial charge in [0.15, 0.2) is 0 Å². The fraction of sp³-hybridized carbons (Fsp3) is 0.750. The summed E-state index contributed by atoms with van der Waals surface area (Å²) in [4.78, 5) is 15.1. The highest BCUT2D eigenvalue weighted by molar-refractivity contribution is 7.08. The third-order valence-corrected chi connectivity index (χ3v) is 5.04. The fourth-order valence-electron chi connectivity index (χ4n) is 3.22. The Morgan fingerprint density at radius 2 is 2.33 bits per heavy atom.